The second kappa shape index (κ2) is 8.82. The highest BCUT2D eigenvalue weighted by atomic mass is 35.5. The molecular weight excluding hydrogens is 430 g/mol. The van der Waals surface area contributed by atoms with Crippen molar-refractivity contribution < 1.29 is 9.53 Å². The first-order valence-electron chi connectivity index (χ1n) is 10.9. The van der Waals surface area contributed by atoms with Gasteiger partial charge in [-0.05, 0) is 36.6 Å². The Balaban J connectivity index is 1.26. The molecule has 9 nitrogen and oxygen atoms in total. The van der Waals surface area contributed by atoms with Gasteiger partial charge < -0.3 is 24.4 Å². The quantitative estimate of drug-likeness (QED) is 0.604. The van der Waals surface area contributed by atoms with Gasteiger partial charge in [-0.25, -0.2) is 4.98 Å². The molecule has 5 rings (SSSR count). The van der Waals surface area contributed by atoms with E-state index in [4.69, 9.17) is 16.3 Å². The van der Waals surface area contributed by atoms with Crippen LogP contribution in [0, 0.1) is 5.92 Å². The van der Waals surface area contributed by atoms with Crippen molar-refractivity contribution in [3.63, 3.8) is 0 Å². The lowest BCUT2D eigenvalue weighted by Crippen LogP contribution is -2.52. The Hall–Kier alpha value is -3.07. The van der Waals surface area contributed by atoms with E-state index in [0.29, 0.717) is 25.3 Å². The van der Waals surface area contributed by atoms with Crippen molar-refractivity contribution in [2.24, 2.45) is 5.92 Å². The van der Waals surface area contributed by atoms with Gasteiger partial charge >= 0.3 is 0 Å². The molecule has 2 aromatic heterocycles. The maximum Gasteiger partial charge on any atom is 0.227 e. The molecule has 2 fully saturated rings. The van der Waals surface area contributed by atoms with Gasteiger partial charge in [0.05, 0.1) is 25.0 Å². The summed E-state index contributed by atoms with van der Waals surface area (Å²) in [6.45, 7) is 4.44. The van der Waals surface area contributed by atoms with Gasteiger partial charge in [-0.2, -0.15) is 9.97 Å². The SMILES string of the molecule is COc1ccccc1N1CCN(C(=O)[C@@H]2CCCN(c3nc(Cl)nc4nc[nH]c34)C2)CC1. The number of carbonyl (C=O) groups is 1. The highest BCUT2D eigenvalue weighted by Gasteiger charge is 2.32. The molecule has 1 aromatic carbocycles. The fraction of sp³-hybridized carbons (Fsp3) is 0.455. The number of piperazine rings is 1. The summed E-state index contributed by atoms with van der Waals surface area (Å²) in [4.78, 5) is 35.7. The molecule has 1 N–H and O–H groups in total. The molecule has 32 heavy (non-hydrogen) atoms. The average Bonchev–Trinajstić information content (AvgIpc) is 3.31. The number of carbonyl (C=O) groups excluding carboxylic acids is 1. The highest BCUT2D eigenvalue weighted by Crippen LogP contribution is 2.30. The Labute approximate surface area is 191 Å². The Morgan fingerprint density at radius 1 is 1.12 bits per heavy atom. The number of hydrogen-bond acceptors (Lipinski definition) is 7. The van der Waals surface area contributed by atoms with E-state index in [-0.39, 0.29) is 17.1 Å². The van der Waals surface area contributed by atoms with E-state index in [0.717, 1.165) is 55.2 Å². The van der Waals surface area contributed by atoms with E-state index in [2.05, 4.69) is 35.8 Å². The molecule has 3 aromatic rings. The molecule has 168 valence electrons. The first-order valence-corrected chi connectivity index (χ1v) is 11.3. The van der Waals surface area contributed by atoms with Crippen molar-refractivity contribution in [1.29, 1.82) is 0 Å². The second-order valence-corrected chi connectivity index (χ2v) is 8.52. The average molecular weight is 456 g/mol. The molecule has 2 aliphatic heterocycles. The van der Waals surface area contributed by atoms with Crippen LogP contribution in [0.1, 0.15) is 12.8 Å². The van der Waals surface area contributed by atoms with E-state index in [1.54, 1.807) is 13.4 Å². The molecule has 2 aliphatic rings. The predicted molar refractivity (Wildman–Crippen MR) is 123 cm³/mol. The number of aromatic amines is 1. The summed E-state index contributed by atoms with van der Waals surface area (Å²) in [6.07, 6.45) is 3.40. The number of rotatable bonds is 4. The van der Waals surface area contributed by atoms with Crippen LogP contribution >= 0.6 is 11.6 Å². The number of benzene rings is 1. The van der Waals surface area contributed by atoms with E-state index >= 15 is 0 Å². The van der Waals surface area contributed by atoms with Crippen molar-refractivity contribution in [1.82, 2.24) is 24.8 Å². The molecule has 2 saturated heterocycles. The fourth-order valence-electron chi connectivity index (χ4n) is 4.71. The molecule has 0 radical (unpaired) electrons. The second-order valence-electron chi connectivity index (χ2n) is 8.19. The van der Waals surface area contributed by atoms with Crippen LogP contribution in [0.5, 0.6) is 5.75 Å². The molecular formula is C22H26ClN7O2. The highest BCUT2D eigenvalue weighted by molar-refractivity contribution is 6.28. The number of methoxy groups -OCH3 is 1. The number of H-pyrrole nitrogens is 1. The minimum Gasteiger partial charge on any atom is -0.495 e. The number of anilines is 2. The maximum absolute atomic E-state index is 13.4. The molecule has 0 aliphatic carbocycles. The van der Waals surface area contributed by atoms with Gasteiger partial charge in [0.15, 0.2) is 11.5 Å². The smallest absolute Gasteiger partial charge is 0.227 e. The first kappa shape index (κ1) is 20.8. The monoisotopic (exact) mass is 455 g/mol. The standard InChI is InChI=1S/C22H26ClN7O2/c1-32-17-7-3-2-6-16(17)28-9-11-29(12-10-28)21(31)15-5-4-8-30(13-15)20-18-19(25-14-24-18)26-22(23)27-20/h2-3,6-7,14-15H,4-5,8-13H2,1H3,(H,24,25,26,27)/t15-/m1/s1. The summed E-state index contributed by atoms with van der Waals surface area (Å²) in [5.74, 6) is 1.74. The number of nitrogens with zero attached hydrogens (tertiary/aromatic N) is 6. The number of hydrogen-bond donors (Lipinski definition) is 1. The molecule has 0 bridgehead atoms. The fourth-order valence-corrected chi connectivity index (χ4v) is 4.87. The minimum absolute atomic E-state index is 0.0618. The van der Waals surface area contributed by atoms with Gasteiger partial charge in [0.1, 0.15) is 11.3 Å². The van der Waals surface area contributed by atoms with Gasteiger partial charge in [-0.3, -0.25) is 4.79 Å². The lowest BCUT2D eigenvalue weighted by Gasteiger charge is -2.40. The van der Waals surface area contributed by atoms with Crippen LogP contribution in [-0.4, -0.2) is 77.1 Å². The Bertz CT molecular complexity index is 1110. The van der Waals surface area contributed by atoms with Crippen molar-refractivity contribution in [3.8, 4) is 5.75 Å². The summed E-state index contributed by atoms with van der Waals surface area (Å²) in [5, 5.41) is 0.167. The number of halogens is 1. The van der Waals surface area contributed by atoms with E-state index in [1.165, 1.54) is 0 Å². The number of fused-ring (bicyclic) bond motifs is 1. The van der Waals surface area contributed by atoms with Crippen LogP contribution in [0.2, 0.25) is 5.28 Å². The number of para-hydroxylation sites is 2. The molecule has 0 unspecified atom stereocenters. The van der Waals surface area contributed by atoms with Gasteiger partial charge in [0.2, 0.25) is 11.2 Å². The summed E-state index contributed by atoms with van der Waals surface area (Å²) < 4.78 is 5.50. The number of amides is 1. The summed E-state index contributed by atoms with van der Waals surface area (Å²) in [6, 6.07) is 8.03. The van der Waals surface area contributed by atoms with Crippen LogP contribution in [0.4, 0.5) is 11.5 Å². The minimum atomic E-state index is -0.0618. The first-order chi connectivity index (χ1) is 15.6. The zero-order chi connectivity index (χ0) is 22.1. The van der Waals surface area contributed by atoms with Crippen LogP contribution < -0.4 is 14.5 Å². The van der Waals surface area contributed by atoms with Crippen LogP contribution in [0.3, 0.4) is 0 Å². The summed E-state index contributed by atoms with van der Waals surface area (Å²) >= 11 is 6.11. The largest absolute Gasteiger partial charge is 0.495 e. The van der Waals surface area contributed by atoms with E-state index in [9.17, 15) is 4.79 Å². The number of imidazole rings is 1. The third-order valence-electron chi connectivity index (χ3n) is 6.33. The molecule has 1 atom stereocenters. The van der Waals surface area contributed by atoms with Crippen molar-refractivity contribution in [2.75, 3.05) is 56.2 Å². The molecule has 0 spiro atoms. The van der Waals surface area contributed by atoms with Gasteiger partial charge in [0.25, 0.3) is 0 Å². The molecule has 4 heterocycles. The topological polar surface area (TPSA) is 90.5 Å². The third-order valence-corrected chi connectivity index (χ3v) is 6.50. The van der Waals surface area contributed by atoms with Gasteiger partial charge in [0, 0.05) is 39.3 Å². The number of ether oxygens (including phenoxy) is 1. The van der Waals surface area contributed by atoms with Crippen LogP contribution in [-0.2, 0) is 4.79 Å². The number of nitrogens with one attached hydrogen (secondary N) is 1. The number of aromatic nitrogens is 4. The van der Waals surface area contributed by atoms with Gasteiger partial charge in [-0.1, -0.05) is 12.1 Å². The Morgan fingerprint density at radius 3 is 2.75 bits per heavy atom. The van der Waals surface area contributed by atoms with E-state index in [1.807, 2.05) is 23.1 Å². The zero-order valence-corrected chi connectivity index (χ0v) is 18.8. The summed E-state index contributed by atoms with van der Waals surface area (Å²) in [5.41, 5.74) is 2.38. The van der Waals surface area contributed by atoms with Crippen molar-refractivity contribution in [2.45, 2.75) is 12.8 Å². The Kier molecular flexibility index (Phi) is 5.73. The van der Waals surface area contributed by atoms with Crippen molar-refractivity contribution in [3.05, 3.63) is 35.9 Å². The maximum atomic E-state index is 13.4. The summed E-state index contributed by atoms with van der Waals surface area (Å²) in [7, 11) is 1.69. The van der Waals surface area contributed by atoms with Crippen LogP contribution in [0.25, 0.3) is 11.2 Å². The lowest BCUT2D eigenvalue weighted by atomic mass is 9.96. The van der Waals surface area contributed by atoms with Gasteiger partial charge in [-0.15, -0.1) is 0 Å². The lowest BCUT2D eigenvalue weighted by molar-refractivity contribution is -0.136. The normalized spacial score (nSPS) is 19.4. The van der Waals surface area contributed by atoms with Crippen molar-refractivity contribution >= 4 is 40.2 Å². The molecule has 0 saturated carbocycles. The molecule has 1 amide bonds. The van der Waals surface area contributed by atoms with E-state index < -0.39 is 0 Å². The third kappa shape index (κ3) is 3.92. The molecule has 10 heteroatoms. The Morgan fingerprint density at radius 2 is 1.94 bits per heavy atom. The predicted octanol–water partition coefficient (Wildman–Crippen LogP) is 2.58. The zero-order valence-electron chi connectivity index (χ0n) is 18.0. The number of piperidine rings is 1. The van der Waals surface area contributed by atoms with Crippen LogP contribution in [0.15, 0.2) is 30.6 Å².